The fraction of sp³-hybridized carbons (Fsp3) is 0.706. The molecule has 108 valence electrons. The van der Waals surface area contributed by atoms with E-state index in [-0.39, 0.29) is 0 Å². The minimum Gasteiger partial charge on any atom is -0.492 e. The van der Waals surface area contributed by atoms with E-state index in [9.17, 15) is 0 Å². The molecule has 1 aromatic heterocycles. The van der Waals surface area contributed by atoms with E-state index in [1.54, 1.807) is 0 Å². The summed E-state index contributed by atoms with van der Waals surface area (Å²) in [5, 5.41) is 3.55. The summed E-state index contributed by atoms with van der Waals surface area (Å²) >= 11 is 0. The summed E-state index contributed by atoms with van der Waals surface area (Å²) in [7, 11) is 2.09. The number of aromatic nitrogens is 1. The molecule has 0 aliphatic heterocycles. The van der Waals surface area contributed by atoms with Crippen LogP contribution in [0, 0.1) is 29.6 Å². The van der Waals surface area contributed by atoms with Crippen LogP contribution < -0.4 is 10.1 Å². The van der Waals surface area contributed by atoms with Crippen molar-refractivity contribution in [2.45, 2.75) is 32.2 Å². The number of nitrogens with one attached hydrogen (secondary N) is 1. The van der Waals surface area contributed by atoms with Gasteiger partial charge in [-0.3, -0.25) is 4.98 Å². The molecule has 5 unspecified atom stereocenters. The summed E-state index contributed by atoms with van der Waals surface area (Å²) in [6, 6.07) is 2.63. The summed E-state index contributed by atoms with van der Waals surface area (Å²) in [6.07, 6.45) is 8.31. The number of fused-ring (bicyclic) bond motifs is 5. The molecule has 0 radical (unpaired) electrons. The van der Waals surface area contributed by atoms with Crippen LogP contribution in [0.15, 0.2) is 18.5 Å². The first-order valence-corrected chi connectivity index (χ1v) is 8.08. The molecule has 3 saturated carbocycles. The molecule has 5 atom stereocenters. The maximum atomic E-state index is 5.60. The standard InChI is InChI=1S/C17H24N2O/c1-3-20-13-7-12(8-19-9-13)17(18-2)16-14-10-4-5-11(6-10)15(14)16/h7-11,14-18H,3-6H2,1-2H3. The fourth-order valence-corrected chi connectivity index (χ4v) is 5.27. The van der Waals surface area contributed by atoms with Crippen LogP contribution in [0.25, 0.3) is 0 Å². The van der Waals surface area contributed by atoms with Crippen molar-refractivity contribution in [1.29, 1.82) is 0 Å². The highest BCUT2D eigenvalue weighted by Gasteiger charge is 2.66. The van der Waals surface area contributed by atoms with Crippen LogP contribution in [-0.2, 0) is 0 Å². The third-order valence-electron chi connectivity index (χ3n) is 5.90. The molecule has 0 spiro atoms. The van der Waals surface area contributed by atoms with Crippen LogP contribution in [0.3, 0.4) is 0 Å². The molecule has 20 heavy (non-hydrogen) atoms. The molecule has 3 heteroatoms. The Kier molecular flexibility index (Phi) is 2.99. The van der Waals surface area contributed by atoms with Gasteiger partial charge in [0, 0.05) is 12.2 Å². The van der Waals surface area contributed by atoms with E-state index in [1.165, 1.54) is 24.8 Å². The zero-order chi connectivity index (χ0) is 13.7. The molecule has 1 heterocycles. The van der Waals surface area contributed by atoms with E-state index in [1.807, 2.05) is 19.3 Å². The van der Waals surface area contributed by atoms with Crippen molar-refractivity contribution in [1.82, 2.24) is 10.3 Å². The average molecular weight is 272 g/mol. The highest BCUT2D eigenvalue weighted by atomic mass is 16.5. The van der Waals surface area contributed by atoms with Crippen LogP contribution in [-0.4, -0.2) is 18.6 Å². The molecule has 3 nitrogen and oxygen atoms in total. The van der Waals surface area contributed by atoms with E-state index in [2.05, 4.69) is 23.4 Å². The van der Waals surface area contributed by atoms with Gasteiger partial charge in [0.15, 0.2) is 0 Å². The Morgan fingerprint density at radius 3 is 2.70 bits per heavy atom. The number of nitrogens with zero attached hydrogens (tertiary/aromatic N) is 1. The Morgan fingerprint density at radius 2 is 2.05 bits per heavy atom. The minimum absolute atomic E-state index is 0.460. The van der Waals surface area contributed by atoms with E-state index in [0.29, 0.717) is 12.6 Å². The largest absolute Gasteiger partial charge is 0.492 e. The number of hydrogen-bond acceptors (Lipinski definition) is 3. The molecule has 0 saturated heterocycles. The topological polar surface area (TPSA) is 34.1 Å². The van der Waals surface area contributed by atoms with Crippen LogP contribution in [0.5, 0.6) is 5.75 Å². The zero-order valence-electron chi connectivity index (χ0n) is 12.4. The first kappa shape index (κ1) is 12.6. The predicted octanol–water partition coefficient (Wildman–Crippen LogP) is 3.03. The summed E-state index contributed by atoms with van der Waals surface area (Å²) in [6.45, 7) is 2.72. The molecule has 2 bridgehead atoms. The molecule has 0 aromatic carbocycles. The Bertz CT molecular complexity index is 488. The van der Waals surface area contributed by atoms with Crippen LogP contribution in [0.1, 0.15) is 37.8 Å². The van der Waals surface area contributed by atoms with Crippen molar-refractivity contribution in [2.75, 3.05) is 13.7 Å². The maximum absolute atomic E-state index is 5.60. The Balaban J connectivity index is 1.56. The van der Waals surface area contributed by atoms with E-state index < -0.39 is 0 Å². The quantitative estimate of drug-likeness (QED) is 0.894. The highest BCUT2D eigenvalue weighted by Crippen LogP contribution is 2.72. The second kappa shape index (κ2) is 4.73. The third-order valence-corrected chi connectivity index (χ3v) is 5.90. The van der Waals surface area contributed by atoms with Crippen molar-refractivity contribution in [3.8, 4) is 5.75 Å². The zero-order valence-corrected chi connectivity index (χ0v) is 12.4. The third kappa shape index (κ3) is 1.79. The molecule has 3 aliphatic rings. The Labute approximate surface area is 121 Å². The molecular formula is C17H24N2O. The number of rotatable bonds is 5. The maximum Gasteiger partial charge on any atom is 0.137 e. The van der Waals surface area contributed by atoms with Gasteiger partial charge in [0.2, 0.25) is 0 Å². The van der Waals surface area contributed by atoms with Gasteiger partial charge in [-0.15, -0.1) is 0 Å². The minimum atomic E-state index is 0.460. The van der Waals surface area contributed by atoms with Gasteiger partial charge < -0.3 is 10.1 Å². The molecular weight excluding hydrogens is 248 g/mol. The first-order chi connectivity index (χ1) is 9.83. The Morgan fingerprint density at radius 1 is 1.30 bits per heavy atom. The van der Waals surface area contributed by atoms with E-state index in [0.717, 1.165) is 35.3 Å². The van der Waals surface area contributed by atoms with Crippen LogP contribution in [0.4, 0.5) is 0 Å². The summed E-state index contributed by atoms with van der Waals surface area (Å²) < 4.78 is 5.60. The van der Waals surface area contributed by atoms with Gasteiger partial charge in [-0.2, -0.15) is 0 Å². The lowest BCUT2D eigenvalue weighted by molar-refractivity contribution is 0.336. The highest BCUT2D eigenvalue weighted by molar-refractivity contribution is 5.29. The lowest BCUT2D eigenvalue weighted by Crippen LogP contribution is -2.22. The monoisotopic (exact) mass is 272 g/mol. The number of ether oxygens (including phenoxy) is 1. The van der Waals surface area contributed by atoms with E-state index in [4.69, 9.17) is 4.74 Å². The molecule has 4 rings (SSSR count). The van der Waals surface area contributed by atoms with Gasteiger partial charge in [0.1, 0.15) is 5.75 Å². The average Bonchev–Trinajstić information content (AvgIpc) is 2.89. The molecule has 0 amide bonds. The van der Waals surface area contributed by atoms with Gasteiger partial charge in [-0.05, 0) is 74.5 Å². The smallest absolute Gasteiger partial charge is 0.137 e. The van der Waals surface area contributed by atoms with Gasteiger partial charge in [-0.1, -0.05) is 0 Å². The lowest BCUT2D eigenvalue weighted by atomic mass is 9.94. The van der Waals surface area contributed by atoms with Crippen molar-refractivity contribution in [3.63, 3.8) is 0 Å². The SMILES string of the molecule is CCOc1cncc(C(NC)C2C3C4CCC(C4)C32)c1. The van der Waals surface area contributed by atoms with Crippen molar-refractivity contribution < 1.29 is 4.74 Å². The van der Waals surface area contributed by atoms with Gasteiger partial charge >= 0.3 is 0 Å². The lowest BCUT2D eigenvalue weighted by Gasteiger charge is -2.20. The van der Waals surface area contributed by atoms with Gasteiger partial charge in [0.25, 0.3) is 0 Å². The fourth-order valence-electron chi connectivity index (χ4n) is 5.27. The number of hydrogen-bond donors (Lipinski definition) is 1. The Hall–Kier alpha value is -1.09. The normalized spacial score (nSPS) is 38.6. The molecule has 3 fully saturated rings. The predicted molar refractivity (Wildman–Crippen MR) is 78.5 cm³/mol. The van der Waals surface area contributed by atoms with Gasteiger partial charge in [0.05, 0.1) is 12.8 Å². The first-order valence-electron chi connectivity index (χ1n) is 8.08. The van der Waals surface area contributed by atoms with Gasteiger partial charge in [-0.25, -0.2) is 0 Å². The van der Waals surface area contributed by atoms with Crippen molar-refractivity contribution >= 4 is 0 Å². The molecule has 1 aromatic rings. The second-order valence-electron chi connectivity index (χ2n) is 6.72. The number of pyridine rings is 1. The van der Waals surface area contributed by atoms with Crippen LogP contribution in [0.2, 0.25) is 0 Å². The van der Waals surface area contributed by atoms with Crippen LogP contribution >= 0.6 is 0 Å². The van der Waals surface area contributed by atoms with Crippen molar-refractivity contribution in [3.05, 3.63) is 24.0 Å². The summed E-state index contributed by atoms with van der Waals surface area (Å²) in [5.41, 5.74) is 1.30. The summed E-state index contributed by atoms with van der Waals surface area (Å²) in [4.78, 5) is 4.36. The second-order valence-corrected chi connectivity index (χ2v) is 6.72. The van der Waals surface area contributed by atoms with E-state index >= 15 is 0 Å². The molecule has 1 N–H and O–H groups in total. The summed E-state index contributed by atoms with van der Waals surface area (Å²) in [5.74, 6) is 5.76. The van der Waals surface area contributed by atoms with Crippen molar-refractivity contribution in [2.24, 2.45) is 29.6 Å². The molecule has 3 aliphatic carbocycles.